The van der Waals surface area contributed by atoms with Gasteiger partial charge in [0.15, 0.2) is 0 Å². The van der Waals surface area contributed by atoms with Gasteiger partial charge in [0.1, 0.15) is 11.5 Å². The lowest BCUT2D eigenvalue weighted by molar-refractivity contribution is 0.171. The number of nitrogens with one attached hydrogen (secondary N) is 1. The fourth-order valence-electron chi connectivity index (χ4n) is 2.29. The van der Waals surface area contributed by atoms with Crippen LogP contribution in [-0.2, 0) is 11.3 Å². The summed E-state index contributed by atoms with van der Waals surface area (Å²) < 4.78 is 10.2. The first kappa shape index (κ1) is 14.2. The van der Waals surface area contributed by atoms with Crippen LogP contribution in [0.15, 0.2) is 18.2 Å². The second-order valence-electron chi connectivity index (χ2n) is 5.34. The summed E-state index contributed by atoms with van der Waals surface area (Å²) in [7, 11) is 3.35. The number of methoxy groups -OCH3 is 2. The molecule has 2 rings (SSSR count). The maximum absolute atomic E-state index is 9.87. The molecule has 0 aromatic heterocycles. The minimum atomic E-state index is 0.286. The van der Waals surface area contributed by atoms with Gasteiger partial charge in [-0.3, -0.25) is 0 Å². The summed E-state index contributed by atoms with van der Waals surface area (Å²) in [6, 6.07) is 5.42. The Hall–Kier alpha value is -1.26. The third-order valence-electron chi connectivity index (χ3n) is 3.90. The smallest absolute Gasteiger partial charge is 0.123 e. The van der Waals surface area contributed by atoms with E-state index < -0.39 is 0 Å². The first-order chi connectivity index (χ1) is 9.19. The van der Waals surface area contributed by atoms with Crippen molar-refractivity contribution >= 4 is 0 Å². The molecule has 1 aromatic rings. The van der Waals surface area contributed by atoms with E-state index >= 15 is 0 Å². The Morgan fingerprint density at radius 3 is 2.68 bits per heavy atom. The van der Waals surface area contributed by atoms with Crippen LogP contribution in [0.1, 0.15) is 24.8 Å². The third-order valence-corrected chi connectivity index (χ3v) is 3.90. The Labute approximate surface area is 114 Å². The first-order valence-corrected chi connectivity index (χ1v) is 6.75. The topological polar surface area (TPSA) is 50.7 Å². The Morgan fingerprint density at radius 2 is 2.11 bits per heavy atom. The van der Waals surface area contributed by atoms with Gasteiger partial charge in [-0.05, 0) is 30.7 Å². The Balaban J connectivity index is 1.79. The molecule has 0 saturated heterocycles. The van der Waals surface area contributed by atoms with Gasteiger partial charge in [-0.15, -0.1) is 0 Å². The molecule has 1 aromatic carbocycles. The van der Waals surface area contributed by atoms with E-state index in [1.807, 2.05) is 12.1 Å². The standard InChI is InChI=1S/C15H23NO3/c1-18-8-7-15(5-6-15)11-16-10-12-3-4-13(19-2)9-14(12)17/h3-4,9,16-17H,5-8,10-11H2,1-2H3. The van der Waals surface area contributed by atoms with E-state index in [1.165, 1.54) is 12.8 Å². The molecule has 1 saturated carbocycles. The highest BCUT2D eigenvalue weighted by Crippen LogP contribution is 2.48. The molecule has 0 unspecified atom stereocenters. The monoisotopic (exact) mass is 265 g/mol. The summed E-state index contributed by atoms with van der Waals surface area (Å²) in [5.41, 5.74) is 1.33. The van der Waals surface area contributed by atoms with Gasteiger partial charge in [-0.25, -0.2) is 0 Å². The molecule has 1 fully saturated rings. The van der Waals surface area contributed by atoms with Crippen LogP contribution in [0.25, 0.3) is 0 Å². The molecule has 0 spiro atoms. The number of hydrogen-bond acceptors (Lipinski definition) is 4. The van der Waals surface area contributed by atoms with Crippen molar-refractivity contribution in [2.75, 3.05) is 27.4 Å². The minimum absolute atomic E-state index is 0.286. The first-order valence-electron chi connectivity index (χ1n) is 6.75. The summed E-state index contributed by atoms with van der Waals surface area (Å²) in [5, 5.41) is 13.3. The van der Waals surface area contributed by atoms with Crippen molar-refractivity contribution < 1.29 is 14.6 Å². The van der Waals surface area contributed by atoms with Gasteiger partial charge in [-0.1, -0.05) is 6.07 Å². The Kier molecular flexibility index (Phi) is 4.66. The maximum atomic E-state index is 9.87. The van der Waals surface area contributed by atoms with Crippen molar-refractivity contribution in [3.63, 3.8) is 0 Å². The average molecular weight is 265 g/mol. The van der Waals surface area contributed by atoms with Crippen molar-refractivity contribution in [1.82, 2.24) is 5.32 Å². The van der Waals surface area contributed by atoms with E-state index in [0.29, 0.717) is 17.7 Å². The van der Waals surface area contributed by atoms with Crippen molar-refractivity contribution in [3.8, 4) is 11.5 Å². The molecule has 106 valence electrons. The Morgan fingerprint density at radius 1 is 1.32 bits per heavy atom. The van der Waals surface area contributed by atoms with Gasteiger partial charge in [0, 0.05) is 38.4 Å². The van der Waals surface area contributed by atoms with E-state index in [-0.39, 0.29) is 5.75 Å². The SMILES string of the molecule is COCCC1(CNCc2ccc(OC)cc2O)CC1. The molecule has 0 bridgehead atoms. The molecule has 19 heavy (non-hydrogen) atoms. The van der Waals surface area contributed by atoms with Crippen LogP contribution in [-0.4, -0.2) is 32.5 Å². The zero-order chi connectivity index (χ0) is 13.7. The molecular formula is C15H23NO3. The largest absolute Gasteiger partial charge is 0.507 e. The average Bonchev–Trinajstić information content (AvgIpc) is 3.19. The number of ether oxygens (including phenoxy) is 2. The van der Waals surface area contributed by atoms with Gasteiger partial charge in [0.25, 0.3) is 0 Å². The third kappa shape index (κ3) is 3.85. The zero-order valence-electron chi connectivity index (χ0n) is 11.7. The maximum Gasteiger partial charge on any atom is 0.123 e. The summed E-state index contributed by atoms with van der Waals surface area (Å²) in [5.74, 6) is 0.966. The molecule has 2 N–H and O–H groups in total. The second-order valence-corrected chi connectivity index (χ2v) is 5.34. The lowest BCUT2D eigenvalue weighted by Gasteiger charge is -2.16. The molecule has 1 aliphatic rings. The lowest BCUT2D eigenvalue weighted by Crippen LogP contribution is -2.24. The van der Waals surface area contributed by atoms with Crippen molar-refractivity contribution in [1.29, 1.82) is 0 Å². The summed E-state index contributed by atoms with van der Waals surface area (Å²) in [6.07, 6.45) is 3.67. The molecule has 1 aliphatic carbocycles. The fraction of sp³-hybridized carbons (Fsp3) is 0.600. The lowest BCUT2D eigenvalue weighted by atomic mass is 10.0. The van der Waals surface area contributed by atoms with Gasteiger partial charge >= 0.3 is 0 Å². The van der Waals surface area contributed by atoms with Gasteiger partial charge in [0.2, 0.25) is 0 Å². The van der Waals surface area contributed by atoms with Crippen LogP contribution in [0, 0.1) is 5.41 Å². The quantitative estimate of drug-likeness (QED) is 0.757. The number of phenolic OH excluding ortho intramolecular Hbond substituents is 1. The molecule has 0 atom stereocenters. The zero-order valence-corrected chi connectivity index (χ0v) is 11.7. The van der Waals surface area contributed by atoms with Gasteiger partial charge < -0.3 is 19.9 Å². The molecule has 0 aliphatic heterocycles. The number of benzene rings is 1. The number of phenols is 1. The van der Waals surface area contributed by atoms with Crippen LogP contribution in [0.5, 0.6) is 11.5 Å². The van der Waals surface area contributed by atoms with Crippen LogP contribution < -0.4 is 10.1 Å². The molecule has 0 heterocycles. The molecular weight excluding hydrogens is 242 g/mol. The highest BCUT2D eigenvalue weighted by Gasteiger charge is 2.41. The Bertz CT molecular complexity index is 416. The van der Waals surface area contributed by atoms with E-state index in [9.17, 15) is 5.11 Å². The predicted molar refractivity (Wildman–Crippen MR) is 74.5 cm³/mol. The number of rotatable bonds is 8. The molecule has 0 amide bonds. The van der Waals surface area contributed by atoms with E-state index in [2.05, 4.69) is 5.32 Å². The molecule has 0 radical (unpaired) electrons. The molecule has 4 heteroatoms. The van der Waals surface area contributed by atoms with Crippen molar-refractivity contribution in [3.05, 3.63) is 23.8 Å². The highest BCUT2D eigenvalue weighted by molar-refractivity contribution is 5.39. The van der Waals surface area contributed by atoms with Crippen molar-refractivity contribution in [2.45, 2.75) is 25.8 Å². The van der Waals surface area contributed by atoms with Crippen LogP contribution in [0.2, 0.25) is 0 Å². The van der Waals surface area contributed by atoms with Crippen LogP contribution in [0.3, 0.4) is 0 Å². The van der Waals surface area contributed by atoms with E-state index in [4.69, 9.17) is 9.47 Å². The van der Waals surface area contributed by atoms with Crippen LogP contribution >= 0.6 is 0 Å². The van der Waals surface area contributed by atoms with Gasteiger partial charge in [0.05, 0.1) is 7.11 Å². The van der Waals surface area contributed by atoms with Gasteiger partial charge in [-0.2, -0.15) is 0 Å². The fourth-order valence-corrected chi connectivity index (χ4v) is 2.29. The molecule has 4 nitrogen and oxygen atoms in total. The highest BCUT2D eigenvalue weighted by atomic mass is 16.5. The van der Waals surface area contributed by atoms with E-state index in [1.54, 1.807) is 20.3 Å². The summed E-state index contributed by atoms with van der Waals surface area (Å²) in [6.45, 7) is 2.50. The normalized spacial score (nSPS) is 16.3. The number of hydrogen-bond donors (Lipinski definition) is 2. The van der Waals surface area contributed by atoms with Crippen LogP contribution in [0.4, 0.5) is 0 Å². The summed E-state index contributed by atoms with van der Waals surface area (Å²) in [4.78, 5) is 0. The number of aromatic hydroxyl groups is 1. The second kappa shape index (κ2) is 6.26. The summed E-state index contributed by atoms with van der Waals surface area (Å²) >= 11 is 0. The van der Waals surface area contributed by atoms with E-state index in [0.717, 1.165) is 25.1 Å². The predicted octanol–water partition coefficient (Wildman–Crippen LogP) is 2.31. The minimum Gasteiger partial charge on any atom is -0.507 e. The van der Waals surface area contributed by atoms with Crippen molar-refractivity contribution in [2.24, 2.45) is 5.41 Å².